The summed E-state index contributed by atoms with van der Waals surface area (Å²) in [7, 11) is 0. The molecule has 0 bridgehead atoms. The molecule has 44 valence electrons. The van der Waals surface area contributed by atoms with Crippen molar-refractivity contribution in [1.82, 2.24) is 5.48 Å². The maximum absolute atomic E-state index is 10.1. The second-order valence-corrected chi connectivity index (χ2v) is 1.24. The van der Waals surface area contributed by atoms with Gasteiger partial charge < -0.3 is 0 Å². The molecule has 0 aliphatic heterocycles. The molecule has 3 nitrogen and oxygen atoms in total. The van der Waals surface area contributed by atoms with Gasteiger partial charge in [-0.25, -0.2) is 5.48 Å². The lowest BCUT2D eigenvalue weighted by atomic mass is 10.3. The zero-order chi connectivity index (χ0) is 6.41. The predicted octanol–water partition coefficient (Wildman–Crippen LogP) is -0.0948. The molecule has 0 aliphatic carbocycles. The zero-order valence-corrected chi connectivity index (χ0v) is 4.35. The Morgan fingerprint density at radius 1 is 1.88 bits per heavy atom. The van der Waals surface area contributed by atoms with Crippen LogP contribution in [0.15, 0.2) is 0 Å². The van der Waals surface area contributed by atoms with Crippen molar-refractivity contribution in [3.63, 3.8) is 0 Å². The normalized spacial score (nSPS) is 7.50. The molecule has 0 aromatic heterocycles. The van der Waals surface area contributed by atoms with Gasteiger partial charge in [0, 0.05) is 12.8 Å². The number of nitrogens with one attached hydrogen (secondary N) is 1. The van der Waals surface area contributed by atoms with Gasteiger partial charge in [-0.2, -0.15) is 0 Å². The van der Waals surface area contributed by atoms with E-state index in [2.05, 4.69) is 5.92 Å². The van der Waals surface area contributed by atoms with Crippen molar-refractivity contribution in [2.24, 2.45) is 0 Å². The van der Waals surface area contributed by atoms with E-state index in [-0.39, 0.29) is 6.42 Å². The average Bonchev–Trinajstić information content (AvgIpc) is 1.83. The molecule has 0 radical (unpaired) electrons. The van der Waals surface area contributed by atoms with E-state index in [1.807, 2.05) is 0 Å². The van der Waals surface area contributed by atoms with Gasteiger partial charge in [0.2, 0.25) is 5.91 Å². The largest absolute Gasteiger partial charge is 0.289 e. The minimum Gasteiger partial charge on any atom is -0.289 e. The lowest BCUT2D eigenvalue weighted by molar-refractivity contribution is -0.129. The maximum Gasteiger partial charge on any atom is 0.244 e. The first-order valence-electron chi connectivity index (χ1n) is 2.17. The number of terminal acetylenes is 1. The second-order valence-electron chi connectivity index (χ2n) is 1.24. The van der Waals surface area contributed by atoms with Crippen molar-refractivity contribution in [3.8, 4) is 12.3 Å². The highest BCUT2D eigenvalue weighted by atomic mass is 16.5. The molecular formula is C5H7NO2. The first-order chi connectivity index (χ1) is 3.81. The van der Waals surface area contributed by atoms with Crippen LogP contribution in [0, 0.1) is 12.3 Å². The first-order valence-corrected chi connectivity index (χ1v) is 2.17. The van der Waals surface area contributed by atoms with Crippen LogP contribution in [0.4, 0.5) is 0 Å². The molecule has 0 spiro atoms. The van der Waals surface area contributed by atoms with Crippen LogP contribution in [0.1, 0.15) is 12.8 Å². The molecule has 0 unspecified atom stereocenters. The lowest BCUT2D eigenvalue weighted by Crippen LogP contribution is -2.17. The highest BCUT2D eigenvalue weighted by Gasteiger charge is 1.93. The third-order valence-corrected chi connectivity index (χ3v) is 0.621. The van der Waals surface area contributed by atoms with E-state index in [0.717, 1.165) is 0 Å². The van der Waals surface area contributed by atoms with Crippen molar-refractivity contribution in [1.29, 1.82) is 0 Å². The summed E-state index contributed by atoms with van der Waals surface area (Å²) < 4.78 is 0. The third-order valence-electron chi connectivity index (χ3n) is 0.621. The fraction of sp³-hybridized carbons (Fsp3) is 0.400. The molecule has 0 rings (SSSR count). The van der Waals surface area contributed by atoms with Gasteiger partial charge in [0.25, 0.3) is 0 Å². The molecule has 0 saturated heterocycles. The zero-order valence-electron chi connectivity index (χ0n) is 4.35. The van der Waals surface area contributed by atoms with Crippen LogP contribution in [-0.4, -0.2) is 11.1 Å². The van der Waals surface area contributed by atoms with Gasteiger partial charge in [-0.1, -0.05) is 0 Å². The Hall–Kier alpha value is -1.01. The van der Waals surface area contributed by atoms with Gasteiger partial charge in [0.15, 0.2) is 0 Å². The summed E-state index contributed by atoms with van der Waals surface area (Å²) in [4.78, 5) is 10.1. The summed E-state index contributed by atoms with van der Waals surface area (Å²) >= 11 is 0. The van der Waals surface area contributed by atoms with E-state index in [9.17, 15) is 4.79 Å². The Morgan fingerprint density at radius 2 is 2.50 bits per heavy atom. The molecule has 0 aliphatic rings. The van der Waals surface area contributed by atoms with Gasteiger partial charge in [-0.15, -0.1) is 12.3 Å². The van der Waals surface area contributed by atoms with Crippen LogP contribution in [0.2, 0.25) is 0 Å². The van der Waals surface area contributed by atoms with Crippen molar-refractivity contribution in [3.05, 3.63) is 0 Å². The number of hydrogen-bond acceptors (Lipinski definition) is 2. The maximum atomic E-state index is 10.1. The summed E-state index contributed by atoms with van der Waals surface area (Å²) in [5.41, 5.74) is 1.47. The Balaban J connectivity index is 3.15. The summed E-state index contributed by atoms with van der Waals surface area (Å²) in [6.07, 6.45) is 5.37. The summed E-state index contributed by atoms with van der Waals surface area (Å²) in [5.74, 6) is 1.82. The quantitative estimate of drug-likeness (QED) is 0.298. The van der Waals surface area contributed by atoms with E-state index in [0.29, 0.717) is 6.42 Å². The number of amides is 1. The fourth-order valence-electron chi connectivity index (χ4n) is 0.242. The van der Waals surface area contributed by atoms with Crippen molar-refractivity contribution >= 4 is 5.91 Å². The Labute approximate surface area is 47.7 Å². The van der Waals surface area contributed by atoms with Gasteiger partial charge in [0.05, 0.1) is 0 Å². The minimum absolute atomic E-state index is 0.188. The van der Waals surface area contributed by atoms with E-state index in [4.69, 9.17) is 11.6 Å². The smallest absolute Gasteiger partial charge is 0.244 e. The van der Waals surface area contributed by atoms with Crippen LogP contribution in [-0.2, 0) is 4.79 Å². The SMILES string of the molecule is C#CCCC(=O)NO. The van der Waals surface area contributed by atoms with Gasteiger partial charge in [-0.3, -0.25) is 10.0 Å². The standard InChI is InChI=1S/C5H7NO2/c1-2-3-4-5(7)6-8/h1,8H,3-4H2,(H,6,7). The third kappa shape index (κ3) is 3.19. The van der Waals surface area contributed by atoms with E-state index >= 15 is 0 Å². The minimum atomic E-state index is -0.442. The molecule has 0 fully saturated rings. The molecule has 0 saturated carbocycles. The van der Waals surface area contributed by atoms with Crippen LogP contribution in [0.25, 0.3) is 0 Å². The monoisotopic (exact) mass is 113 g/mol. The molecular weight excluding hydrogens is 106 g/mol. The summed E-state index contributed by atoms with van der Waals surface area (Å²) in [5, 5.41) is 7.89. The van der Waals surface area contributed by atoms with Crippen molar-refractivity contribution in [2.75, 3.05) is 0 Å². The van der Waals surface area contributed by atoms with E-state index in [1.165, 1.54) is 5.48 Å². The summed E-state index contributed by atoms with van der Waals surface area (Å²) in [6, 6.07) is 0. The highest BCUT2D eigenvalue weighted by molar-refractivity contribution is 5.74. The predicted molar refractivity (Wildman–Crippen MR) is 28.0 cm³/mol. The summed E-state index contributed by atoms with van der Waals surface area (Å²) in [6.45, 7) is 0. The first kappa shape index (κ1) is 6.99. The number of hydrogen-bond donors (Lipinski definition) is 2. The molecule has 3 heteroatoms. The van der Waals surface area contributed by atoms with E-state index in [1.54, 1.807) is 0 Å². The average molecular weight is 113 g/mol. The number of carbonyl (C=O) groups is 1. The molecule has 0 aromatic carbocycles. The highest BCUT2D eigenvalue weighted by Crippen LogP contribution is 1.82. The molecule has 0 atom stereocenters. The van der Waals surface area contributed by atoms with Crippen LogP contribution < -0.4 is 5.48 Å². The van der Waals surface area contributed by atoms with Crippen molar-refractivity contribution in [2.45, 2.75) is 12.8 Å². The van der Waals surface area contributed by atoms with Crippen LogP contribution >= 0.6 is 0 Å². The Bertz CT molecular complexity index is 114. The van der Waals surface area contributed by atoms with Gasteiger partial charge >= 0.3 is 0 Å². The Kier molecular flexibility index (Phi) is 3.63. The van der Waals surface area contributed by atoms with Gasteiger partial charge in [0.1, 0.15) is 0 Å². The molecule has 0 heterocycles. The molecule has 0 aromatic rings. The Morgan fingerprint density at radius 3 is 2.88 bits per heavy atom. The molecule has 1 amide bonds. The van der Waals surface area contributed by atoms with E-state index < -0.39 is 5.91 Å². The second kappa shape index (κ2) is 4.16. The number of rotatable bonds is 2. The van der Waals surface area contributed by atoms with Crippen molar-refractivity contribution < 1.29 is 10.0 Å². The fourth-order valence-corrected chi connectivity index (χ4v) is 0.242. The number of carbonyl (C=O) groups excluding carboxylic acids is 1. The van der Waals surface area contributed by atoms with Crippen LogP contribution in [0.3, 0.4) is 0 Å². The van der Waals surface area contributed by atoms with Gasteiger partial charge in [-0.05, 0) is 0 Å². The lowest BCUT2D eigenvalue weighted by Gasteiger charge is -1.89. The number of hydroxylamine groups is 1. The topological polar surface area (TPSA) is 49.3 Å². The molecule has 8 heavy (non-hydrogen) atoms. The molecule has 2 N–H and O–H groups in total. The van der Waals surface area contributed by atoms with Crippen LogP contribution in [0.5, 0.6) is 0 Å².